The molecular formula is C17H16ClNO. The summed E-state index contributed by atoms with van der Waals surface area (Å²) in [5, 5.41) is 2.99. The minimum atomic E-state index is 0.723. The Morgan fingerprint density at radius 1 is 1.25 bits per heavy atom. The molecule has 0 aliphatic rings. The van der Waals surface area contributed by atoms with Gasteiger partial charge in [-0.3, -0.25) is 4.79 Å². The Morgan fingerprint density at radius 2 is 2.00 bits per heavy atom. The smallest absolute Gasteiger partial charge is 0.150 e. The van der Waals surface area contributed by atoms with Gasteiger partial charge in [0, 0.05) is 33.4 Å². The first-order chi connectivity index (χ1) is 9.58. The van der Waals surface area contributed by atoms with Crippen molar-refractivity contribution in [1.29, 1.82) is 0 Å². The maximum atomic E-state index is 11.3. The molecule has 3 heteroatoms. The zero-order chi connectivity index (χ0) is 14.4. The van der Waals surface area contributed by atoms with Gasteiger partial charge >= 0.3 is 0 Å². The van der Waals surface area contributed by atoms with E-state index >= 15 is 0 Å². The van der Waals surface area contributed by atoms with Crippen molar-refractivity contribution in [2.45, 2.75) is 27.3 Å². The standard InChI is InChI=1S/C17H16ClNO/c1-4-19-15-6-5-13(18)8-14(15)16-11(3)12(9-20)7-10(2)17(16)19/h5-9H,4H2,1-3H3. The Balaban J connectivity index is 2.66. The minimum absolute atomic E-state index is 0.723. The second-order valence-corrected chi connectivity index (χ2v) is 5.59. The summed E-state index contributed by atoms with van der Waals surface area (Å²) in [6.07, 6.45) is 0.932. The van der Waals surface area contributed by atoms with E-state index in [1.807, 2.05) is 25.1 Å². The Hall–Kier alpha value is -1.80. The van der Waals surface area contributed by atoms with E-state index in [9.17, 15) is 4.79 Å². The molecule has 102 valence electrons. The van der Waals surface area contributed by atoms with Crippen molar-refractivity contribution in [3.63, 3.8) is 0 Å². The number of halogens is 1. The number of hydrogen-bond acceptors (Lipinski definition) is 1. The zero-order valence-corrected chi connectivity index (χ0v) is 12.6. The molecule has 1 aromatic heterocycles. The number of benzene rings is 2. The summed E-state index contributed by atoms with van der Waals surface area (Å²) in [6, 6.07) is 7.94. The number of carbonyl (C=O) groups is 1. The normalized spacial score (nSPS) is 11.4. The van der Waals surface area contributed by atoms with Gasteiger partial charge in [0.05, 0.1) is 5.52 Å². The maximum Gasteiger partial charge on any atom is 0.150 e. The lowest BCUT2D eigenvalue weighted by atomic mass is 9.99. The summed E-state index contributed by atoms with van der Waals surface area (Å²) in [4.78, 5) is 11.3. The van der Waals surface area contributed by atoms with Crippen molar-refractivity contribution < 1.29 is 4.79 Å². The minimum Gasteiger partial charge on any atom is -0.341 e. The van der Waals surface area contributed by atoms with Gasteiger partial charge in [-0.2, -0.15) is 0 Å². The molecule has 1 heterocycles. The number of aryl methyl sites for hydroxylation is 3. The van der Waals surface area contributed by atoms with E-state index in [0.29, 0.717) is 0 Å². The molecule has 2 nitrogen and oxygen atoms in total. The molecule has 0 saturated carbocycles. The molecule has 3 aromatic rings. The Morgan fingerprint density at radius 3 is 2.65 bits per heavy atom. The monoisotopic (exact) mass is 285 g/mol. The number of carbonyl (C=O) groups excluding carboxylic acids is 1. The van der Waals surface area contributed by atoms with Gasteiger partial charge in [0.1, 0.15) is 6.29 Å². The fraction of sp³-hybridized carbons (Fsp3) is 0.235. The van der Waals surface area contributed by atoms with Crippen LogP contribution in [0.1, 0.15) is 28.4 Å². The van der Waals surface area contributed by atoms with Crippen LogP contribution in [0.15, 0.2) is 24.3 Å². The highest BCUT2D eigenvalue weighted by molar-refractivity contribution is 6.32. The van der Waals surface area contributed by atoms with Crippen LogP contribution >= 0.6 is 11.6 Å². The lowest BCUT2D eigenvalue weighted by molar-refractivity contribution is 0.112. The summed E-state index contributed by atoms with van der Waals surface area (Å²) in [7, 11) is 0. The number of hydrogen-bond donors (Lipinski definition) is 0. The van der Waals surface area contributed by atoms with E-state index in [4.69, 9.17) is 11.6 Å². The average Bonchev–Trinajstić information content (AvgIpc) is 2.76. The summed E-state index contributed by atoms with van der Waals surface area (Å²) in [5.74, 6) is 0. The molecule has 0 spiro atoms. The van der Waals surface area contributed by atoms with Crippen molar-refractivity contribution >= 4 is 39.7 Å². The predicted octanol–water partition coefficient (Wildman–Crippen LogP) is 4.90. The lowest BCUT2D eigenvalue weighted by Gasteiger charge is -2.08. The van der Waals surface area contributed by atoms with Crippen LogP contribution in [-0.2, 0) is 6.54 Å². The largest absolute Gasteiger partial charge is 0.341 e. The van der Waals surface area contributed by atoms with Crippen LogP contribution < -0.4 is 0 Å². The predicted molar refractivity (Wildman–Crippen MR) is 85.0 cm³/mol. The third-order valence-electron chi connectivity index (χ3n) is 4.02. The maximum absolute atomic E-state index is 11.3. The van der Waals surface area contributed by atoms with E-state index in [1.54, 1.807) is 0 Å². The van der Waals surface area contributed by atoms with Crippen LogP contribution in [0.5, 0.6) is 0 Å². The Labute approximate surface area is 123 Å². The molecule has 0 radical (unpaired) electrons. The third kappa shape index (κ3) is 1.68. The number of aromatic nitrogens is 1. The van der Waals surface area contributed by atoms with Gasteiger partial charge in [-0.15, -0.1) is 0 Å². The lowest BCUT2D eigenvalue weighted by Crippen LogP contribution is -1.97. The molecule has 0 aliphatic carbocycles. The third-order valence-corrected chi connectivity index (χ3v) is 4.26. The molecule has 0 unspecified atom stereocenters. The number of nitrogens with zero attached hydrogens (tertiary/aromatic N) is 1. The number of rotatable bonds is 2. The van der Waals surface area contributed by atoms with Crippen LogP contribution in [-0.4, -0.2) is 10.9 Å². The first kappa shape index (κ1) is 13.2. The van der Waals surface area contributed by atoms with E-state index in [2.05, 4.69) is 24.5 Å². The van der Waals surface area contributed by atoms with Crippen molar-refractivity contribution in [2.75, 3.05) is 0 Å². The summed E-state index contributed by atoms with van der Waals surface area (Å²) in [5.41, 5.74) is 5.28. The molecule has 0 fully saturated rings. The first-order valence-electron chi connectivity index (χ1n) is 6.75. The first-order valence-corrected chi connectivity index (χ1v) is 7.13. The van der Waals surface area contributed by atoms with E-state index in [0.717, 1.165) is 45.3 Å². The Bertz CT molecular complexity index is 845. The number of fused-ring (bicyclic) bond motifs is 3. The molecule has 0 amide bonds. The molecule has 2 aromatic carbocycles. The van der Waals surface area contributed by atoms with Crippen molar-refractivity contribution in [2.24, 2.45) is 0 Å². The van der Waals surface area contributed by atoms with Crippen molar-refractivity contribution in [3.05, 3.63) is 46.0 Å². The van der Waals surface area contributed by atoms with E-state index in [-0.39, 0.29) is 0 Å². The molecule has 0 aliphatic heterocycles. The fourth-order valence-electron chi connectivity index (χ4n) is 3.12. The topological polar surface area (TPSA) is 22.0 Å². The molecule has 0 saturated heterocycles. The van der Waals surface area contributed by atoms with Crippen molar-refractivity contribution in [3.8, 4) is 0 Å². The van der Waals surface area contributed by atoms with Crippen LogP contribution in [0.2, 0.25) is 5.02 Å². The molecule has 0 bridgehead atoms. The van der Waals surface area contributed by atoms with Gasteiger partial charge in [0.25, 0.3) is 0 Å². The van der Waals surface area contributed by atoms with E-state index < -0.39 is 0 Å². The number of aldehydes is 1. The summed E-state index contributed by atoms with van der Waals surface area (Å²) >= 11 is 6.16. The highest BCUT2D eigenvalue weighted by Gasteiger charge is 2.16. The summed E-state index contributed by atoms with van der Waals surface area (Å²) < 4.78 is 2.29. The molecular weight excluding hydrogens is 270 g/mol. The zero-order valence-electron chi connectivity index (χ0n) is 11.8. The van der Waals surface area contributed by atoms with Crippen molar-refractivity contribution in [1.82, 2.24) is 4.57 Å². The van der Waals surface area contributed by atoms with Crippen LogP contribution in [0, 0.1) is 13.8 Å². The van der Waals surface area contributed by atoms with Gasteiger partial charge in [-0.25, -0.2) is 0 Å². The molecule has 0 N–H and O–H groups in total. The second-order valence-electron chi connectivity index (χ2n) is 5.15. The van der Waals surface area contributed by atoms with Gasteiger partial charge < -0.3 is 4.57 Å². The van der Waals surface area contributed by atoms with Crippen LogP contribution in [0.25, 0.3) is 21.8 Å². The molecule has 0 atom stereocenters. The second kappa shape index (κ2) is 4.64. The quantitative estimate of drug-likeness (QED) is 0.614. The van der Waals surface area contributed by atoms with Crippen LogP contribution in [0.4, 0.5) is 0 Å². The van der Waals surface area contributed by atoms with Gasteiger partial charge in [-0.05, 0) is 56.2 Å². The SMILES string of the molecule is CCn1c2ccc(Cl)cc2c2c(C)c(C=O)cc(C)c21. The van der Waals surface area contributed by atoms with E-state index in [1.165, 1.54) is 11.0 Å². The highest BCUT2D eigenvalue weighted by Crippen LogP contribution is 2.36. The highest BCUT2D eigenvalue weighted by atomic mass is 35.5. The fourth-order valence-corrected chi connectivity index (χ4v) is 3.29. The van der Waals surface area contributed by atoms with Gasteiger partial charge in [0.2, 0.25) is 0 Å². The van der Waals surface area contributed by atoms with Crippen LogP contribution in [0.3, 0.4) is 0 Å². The van der Waals surface area contributed by atoms with Gasteiger partial charge in [-0.1, -0.05) is 11.6 Å². The summed E-state index contributed by atoms with van der Waals surface area (Å²) in [6.45, 7) is 7.09. The molecule has 20 heavy (non-hydrogen) atoms. The molecule has 3 rings (SSSR count). The Kier molecular flexibility index (Phi) is 3.06. The van der Waals surface area contributed by atoms with Gasteiger partial charge in [0.15, 0.2) is 0 Å². The average molecular weight is 286 g/mol.